The topological polar surface area (TPSA) is 119 Å². The quantitative estimate of drug-likeness (QED) is 0.403. The number of rotatable bonds is 4. The molecule has 3 heterocycles. The first-order valence-corrected chi connectivity index (χ1v) is 8.41. The lowest BCUT2D eigenvalue weighted by Crippen LogP contribution is -2.42. The van der Waals surface area contributed by atoms with Crippen LogP contribution in [0.1, 0.15) is 13.8 Å². The van der Waals surface area contributed by atoms with Gasteiger partial charge in [0.2, 0.25) is 0 Å². The standard InChI is InChI=1S/C19H16N4O5/c1-19(2)27-17(24)13(18(25)28-19)10-20-12-7-5-11(6-8-12)15-21-16(23-22-15)14-4-3-9-26-14/h3-10,20H,1-2H3,(H,21,22,23). The fourth-order valence-corrected chi connectivity index (χ4v) is 2.56. The highest BCUT2D eigenvalue weighted by atomic mass is 16.7. The van der Waals surface area contributed by atoms with Crippen molar-refractivity contribution in [3.63, 3.8) is 0 Å². The number of ether oxygens (including phenoxy) is 2. The van der Waals surface area contributed by atoms with E-state index in [4.69, 9.17) is 13.9 Å². The molecule has 1 saturated heterocycles. The number of carbonyl (C=O) groups excluding carboxylic acids is 2. The number of aromatic nitrogens is 3. The minimum Gasteiger partial charge on any atom is -0.461 e. The Balaban J connectivity index is 1.47. The van der Waals surface area contributed by atoms with E-state index >= 15 is 0 Å². The summed E-state index contributed by atoms with van der Waals surface area (Å²) in [5.41, 5.74) is 1.23. The van der Waals surface area contributed by atoms with Gasteiger partial charge in [-0.25, -0.2) is 14.6 Å². The molecule has 0 saturated carbocycles. The summed E-state index contributed by atoms with van der Waals surface area (Å²) in [6.07, 6.45) is 2.82. The molecule has 9 nitrogen and oxygen atoms in total. The molecule has 0 unspecified atom stereocenters. The van der Waals surface area contributed by atoms with Crippen LogP contribution in [0.25, 0.3) is 23.0 Å². The van der Waals surface area contributed by atoms with E-state index in [9.17, 15) is 9.59 Å². The molecule has 0 amide bonds. The lowest BCUT2D eigenvalue weighted by atomic mass is 10.2. The van der Waals surface area contributed by atoms with Crippen LogP contribution in [-0.4, -0.2) is 32.9 Å². The van der Waals surface area contributed by atoms with E-state index < -0.39 is 17.7 Å². The number of hydrogen-bond donors (Lipinski definition) is 2. The molecule has 1 aliphatic rings. The molecule has 2 aromatic heterocycles. The Morgan fingerprint density at radius 3 is 2.43 bits per heavy atom. The Labute approximate surface area is 159 Å². The monoisotopic (exact) mass is 380 g/mol. The van der Waals surface area contributed by atoms with Crippen LogP contribution in [-0.2, 0) is 19.1 Å². The van der Waals surface area contributed by atoms with E-state index in [-0.39, 0.29) is 5.57 Å². The average molecular weight is 380 g/mol. The Hall–Kier alpha value is -3.88. The SMILES string of the molecule is CC1(C)OC(=O)C(=CNc2ccc(-c3n[nH]c(-c4ccco4)n3)cc2)C(=O)O1. The maximum atomic E-state index is 11.9. The predicted octanol–water partition coefficient (Wildman–Crippen LogP) is 2.86. The van der Waals surface area contributed by atoms with Crippen LogP contribution >= 0.6 is 0 Å². The van der Waals surface area contributed by atoms with Crippen LogP contribution in [0.4, 0.5) is 5.69 Å². The van der Waals surface area contributed by atoms with Gasteiger partial charge in [-0.2, -0.15) is 5.10 Å². The van der Waals surface area contributed by atoms with Crippen molar-refractivity contribution in [2.75, 3.05) is 5.32 Å². The van der Waals surface area contributed by atoms with E-state index in [1.807, 2.05) is 0 Å². The zero-order valence-corrected chi connectivity index (χ0v) is 15.1. The molecular weight excluding hydrogens is 364 g/mol. The van der Waals surface area contributed by atoms with Gasteiger partial charge in [0.15, 0.2) is 23.0 Å². The molecule has 1 fully saturated rings. The number of anilines is 1. The second kappa shape index (κ2) is 6.69. The van der Waals surface area contributed by atoms with Gasteiger partial charge in [0, 0.05) is 31.3 Å². The first-order valence-electron chi connectivity index (χ1n) is 8.41. The molecule has 0 aliphatic carbocycles. The molecule has 0 spiro atoms. The van der Waals surface area contributed by atoms with Gasteiger partial charge in [-0.15, -0.1) is 0 Å². The van der Waals surface area contributed by atoms with Crippen molar-refractivity contribution in [3.8, 4) is 23.0 Å². The average Bonchev–Trinajstić information content (AvgIpc) is 3.32. The summed E-state index contributed by atoms with van der Waals surface area (Å²) in [7, 11) is 0. The van der Waals surface area contributed by atoms with Gasteiger partial charge in [0.25, 0.3) is 5.79 Å². The van der Waals surface area contributed by atoms with E-state index in [0.717, 1.165) is 5.56 Å². The number of H-pyrrole nitrogens is 1. The fraction of sp³-hybridized carbons (Fsp3) is 0.158. The van der Waals surface area contributed by atoms with Crippen LogP contribution in [0.15, 0.2) is 58.9 Å². The van der Waals surface area contributed by atoms with Gasteiger partial charge < -0.3 is 19.2 Å². The Morgan fingerprint density at radius 1 is 1.07 bits per heavy atom. The number of aromatic amines is 1. The van der Waals surface area contributed by atoms with Gasteiger partial charge in [-0.05, 0) is 36.4 Å². The van der Waals surface area contributed by atoms with Crippen molar-refractivity contribution in [1.82, 2.24) is 15.2 Å². The Morgan fingerprint density at radius 2 is 1.79 bits per heavy atom. The lowest BCUT2D eigenvalue weighted by Gasteiger charge is -2.29. The molecule has 1 aromatic carbocycles. The molecule has 0 radical (unpaired) electrons. The van der Waals surface area contributed by atoms with Gasteiger partial charge in [-0.1, -0.05) is 0 Å². The number of furan rings is 1. The number of carbonyl (C=O) groups is 2. The van der Waals surface area contributed by atoms with Crippen LogP contribution in [0.2, 0.25) is 0 Å². The largest absolute Gasteiger partial charge is 0.461 e. The van der Waals surface area contributed by atoms with Crippen molar-refractivity contribution in [2.45, 2.75) is 19.6 Å². The molecule has 0 atom stereocenters. The Bertz CT molecular complexity index is 1030. The molecular formula is C19H16N4O5. The highest BCUT2D eigenvalue weighted by Gasteiger charge is 2.38. The minimum absolute atomic E-state index is 0.208. The number of nitrogens with one attached hydrogen (secondary N) is 2. The normalized spacial score (nSPS) is 15.7. The van der Waals surface area contributed by atoms with Gasteiger partial charge in [-0.3, -0.25) is 5.10 Å². The predicted molar refractivity (Wildman–Crippen MR) is 97.5 cm³/mol. The molecule has 28 heavy (non-hydrogen) atoms. The second-order valence-corrected chi connectivity index (χ2v) is 6.44. The van der Waals surface area contributed by atoms with Crippen LogP contribution in [0.5, 0.6) is 0 Å². The molecule has 2 N–H and O–H groups in total. The molecule has 1 aliphatic heterocycles. The van der Waals surface area contributed by atoms with E-state index in [0.29, 0.717) is 23.1 Å². The molecule has 4 rings (SSSR count). The summed E-state index contributed by atoms with van der Waals surface area (Å²) < 4.78 is 15.4. The van der Waals surface area contributed by atoms with Gasteiger partial charge in [0.05, 0.1) is 6.26 Å². The third-order valence-electron chi connectivity index (χ3n) is 3.88. The van der Waals surface area contributed by atoms with Crippen LogP contribution in [0.3, 0.4) is 0 Å². The smallest absolute Gasteiger partial charge is 0.350 e. The first kappa shape index (κ1) is 17.5. The highest BCUT2D eigenvalue weighted by Crippen LogP contribution is 2.24. The van der Waals surface area contributed by atoms with E-state index in [1.54, 1.807) is 42.7 Å². The van der Waals surface area contributed by atoms with Crippen LogP contribution in [0, 0.1) is 0 Å². The summed E-state index contributed by atoms with van der Waals surface area (Å²) in [5, 5.41) is 9.88. The number of hydrogen-bond acceptors (Lipinski definition) is 8. The van der Waals surface area contributed by atoms with Gasteiger partial charge in [0.1, 0.15) is 0 Å². The number of benzene rings is 1. The summed E-state index contributed by atoms with van der Waals surface area (Å²) >= 11 is 0. The second-order valence-electron chi connectivity index (χ2n) is 6.44. The van der Waals surface area contributed by atoms with Crippen LogP contribution < -0.4 is 5.32 Å². The summed E-state index contributed by atoms with van der Waals surface area (Å²) in [4.78, 5) is 28.2. The number of nitrogens with zero attached hydrogens (tertiary/aromatic N) is 2. The van der Waals surface area contributed by atoms with Gasteiger partial charge >= 0.3 is 11.9 Å². The van der Waals surface area contributed by atoms with Crippen molar-refractivity contribution in [3.05, 3.63) is 54.4 Å². The minimum atomic E-state index is -1.27. The third-order valence-corrected chi connectivity index (χ3v) is 3.88. The molecule has 0 bridgehead atoms. The zero-order valence-electron chi connectivity index (χ0n) is 15.1. The summed E-state index contributed by atoms with van der Waals surface area (Å²) in [5.74, 6) is -1.11. The Kier molecular flexibility index (Phi) is 4.19. The van der Waals surface area contributed by atoms with Crippen molar-refractivity contribution >= 4 is 17.6 Å². The molecule has 142 valence electrons. The van der Waals surface area contributed by atoms with E-state index in [1.165, 1.54) is 20.0 Å². The van der Waals surface area contributed by atoms with Crippen molar-refractivity contribution in [1.29, 1.82) is 0 Å². The number of cyclic esters (lactones) is 2. The first-order chi connectivity index (χ1) is 13.4. The summed E-state index contributed by atoms with van der Waals surface area (Å²) in [6, 6.07) is 10.7. The maximum Gasteiger partial charge on any atom is 0.350 e. The fourth-order valence-electron chi connectivity index (χ4n) is 2.56. The maximum absolute atomic E-state index is 11.9. The van der Waals surface area contributed by atoms with Crippen molar-refractivity contribution < 1.29 is 23.5 Å². The third kappa shape index (κ3) is 3.50. The molecule has 9 heteroatoms. The molecule has 3 aromatic rings. The number of esters is 2. The van der Waals surface area contributed by atoms with Crippen molar-refractivity contribution in [2.24, 2.45) is 0 Å². The zero-order chi connectivity index (χ0) is 19.7. The lowest BCUT2D eigenvalue weighted by molar-refractivity contribution is -0.222. The highest BCUT2D eigenvalue weighted by molar-refractivity contribution is 6.15. The van der Waals surface area contributed by atoms with E-state index in [2.05, 4.69) is 20.5 Å². The summed E-state index contributed by atoms with van der Waals surface area (Å²) in [6.45, 7) is 2.98.